The van der Waals surface area contributed by atoms with E-state index in [0.29, 0.717) is 22.6 Å². The van der Waals surface area contributed by atoms with E-state index in [2.05, 4.69) is 26.7 Å². The molecule has 0 radical (unpaired) electrons. The summed E-state index contributed by atoms with van der Waals surface area (Å²) in [4.78, 5) is 12.4. The zero-order valence-corrected chi connectivity index (χ0v) is 14.2. The minimum Gasteiger partial charge on any atom is -0.345 e. The van der Waals surface area contributed by atoms with Crippen LogP contribution >= 0.6 is 0 Å². The zero-order chi connectivity index (χ0) is 18.6. The Morgan fingerprint density at radius 3 is 2.67 bits per heavy atom. The van der Waals surface area contributed by atoms with Gasteiger partial charge in [-0.2, -0.15) is 14.9 Å². The van der Waals surface area contributed by atoms with Crippen LogP contribution < -0.4 is 5.32 Å². The van der Waals surface area contributed by atoms with Gasteiger partial charge in [-0.25, -0.2) is 0 Å². The third-order valence-electron chi connectivity index (χ3n) is 4.16. The standard InChI is InChI=1S/C20H14N6O/c21-12-16-4-1-2-5-17(16)14-7-9-15(10-8-14)20(27)22-13-19-25-24-18-6-3-11-23-26(18)19/h1-11H,13H2,(H,22,27). The van der Waals surface area contributed by atoms with Crippen molar-refractivity contribution in [1.82, 2.24) is 25.1 Å². The fraction of sp³-hybridized carbons (Fsp3) is 0.0500. The molecular formula is C20H14N6O. The Hall–Kier alpha value is -4.05. The lowest BCUT2D eigenvalue weighted by molar-refractivity contribution is 0.0949. The molecule has 0 saturated carbocycles. The predicted molar refractivity (Wildman–Crippen MR) is 98.5 cm³/mol. The monoisotopic (exact) mass is 354 g/mol. The normalized spacial score (nSPS) is 10.5. The summed E-state index contributed by atoms with van der Waals surface area (Å²) in [5, 5.41) is 24.3. The van der Waals surface area contributed by atoms with Gasteiger partial charge < -0.3 is 5.32 Å². The fourth-order valence-corrected chi connectivity index (χ4v) is 2.80. The number of carbonyl (C=O) groups is 1. The van der Waals surface area contributed by atoms with Crippen LogP contribution in [0.2, 0.25) is 0 Å². The second-order valence-corrected chi connectivity index (χ2v) is 5.83. The average molecular weight is 354 g/mol. The molecule has 7 heteroatoms. The molecule has 27 heavy (non-hydrogen) atoms. The highest BCUT2D eigenvalue weighted by molar-refractivity contribution is 5.94. The van der Waals surface area contributed by atoms with Gasteiger partial charge in [0.15, 0.2) is 11.5 Å². The van der Waals surface area contributed by atoms with E-state index in [1.165, 1.54) is 0 Å². The minimum absolute atomic E-state index is 0.218. The molecule has 4 aromatic rings. The van der Waals surface area contributed by atoms with Crippen LogP contribution in [-0.2, 0) is 6.54 Å². The third-order valence-corrected chi connectivity index (χ3v) is 4.16. The maximum Gasteiger partial charge on any atom is 0.251 e. The molecular weight excluding hydrogens is 340 g/mol. The third kappa shape index (κ3) is 3.24. The predicted octanol–water partition coefficient (Wildman–Crippen LogP) is 2.59. The van der Waals surface area contributed by atoms with E-state index in [4.69, 9.17) is 0 Å². The fourth-order valence-electron chi connectivity index (χ4n) is 2.80. The van der Waals surface area contributed by atoms with Crippen LogP contribution in [0, 0.1) is 11.3 Å². The molecule has 1 N–H and O–H groups in total. The van der Waals surface area contributed by atoms with Gasteiger partial charge in [0.05, 0.1) is 18.2 Å². The molecule has 0 saturated heterocycles. The van der Waals surface area contributed by atoms with Gasteiger partial charge >= 0.3 is 0 Å². The topological polar surface area (TPSA) is 96.0 Å². The Labute approximate surface area is 154 Å². The van der Waals surface area contributed by atoms with Crippen LogP contribution in [0.25, 0.3) is 16.8 Å². The van der Waals surface area contributed by atoms with E-state index < -0.39 is 0 Å². The number of amides is 1. The molecule has 0 aliphatic carbocycles. The number of carbonyl (C=O) groups excluding carboxylic acids is 1. The first-order chi connectivity index (χ1) is 13.3. The van der Waals surface area contributed by atoms with Gasteiger partial charge in [-0.1, -0.05) is 30.3 Å². The van der Waals surface area contributed by atoms with E-state index >= 15 is 0 Å². The molecule has 4 rings (SSSR count). The van der Waals surface area contributed by atoms with Crippen LogP contribution in [-0.4, -0.2) is 25.7 Å². The van der Waals surface area contributed by atoms with Gasteiger partial charge in [0.2, 0.25) is 0 Å². The zero-order valence-electron chi connectivity index (χ0n) is 14.2. The van der Waals surface area contributed by atoms with E-state index in [1.807, 2.05) is 30.3 Å². The molecule has 2 aromatic heterocycles. The molecule has 0 bridgehead atoms. The molecule has 130 valence electrons. The van der Waals surface area contributed by atoms with Gasteiger partial charge in [0.25, 0.3) is 5.91 Å². The van der Waals surface area contributed by atoms with Crippen molar-refractivity contribution in [3.63, 3.8) is 0 Å². The van der Waals surface area contributed by atoms with Crippen molar-refractivity contribution >= 4 is 11.6 Å². The van der Waals surface area contributed by atoms with Crippen molar-refractivity contribution < 1.29 is 4.79 Å². The molecule has 0 atom stereocenters. The number of nitrogens with one attached hydrogen (secondary N) is 1. The van der Waals surface area contributed by atoms with Gasteiger partial charge in [-0.3, -0.25) is 4.79 Å². The van der Waals surface area contributed by atoms with Crippen LogP contribution in [0.15, 0.2) is 66.9 Å². The number of fused-ring (bicyclic) bond motifs is 1. The van der Waals surface area contributed by atoms with E-state index in [-0.39, 0.29) is 12.5 Å². The SMILES string of the molecule is N#Cc1ccccc1-c1ccc(C(=O)NCc2nnc3cccnn23)cc1. The lowest BCUT2D eigenvalue weighted by Crippen LogP contribution is -2.24. The Bertz CT molecular complexity index is 1160. The Kier molecular flexibility index (Phi) is 4.29. The van der Waals surface area contributed by atoms with Crippen molar-refractivity contribution in [3.8, 4) is 17.2 Å². The summed E-state index contributed by atoms with van der Waals surface area (Å²) >= 11 is 0. The van der Waals surface area contributed by atoms with E-state index in [1.54, 1.807) is 41.0 Å². The van der Waals surface area contributed by atoms with Crippen molar-refractivity contribution in [2.75, 3.05) is 0 Å². The molecule has 0 fully saturated rings. The Morgan fingerprint density at radius 1 is 1.04 bits per heavy atom. The first-order valence-electron chi connectivity index (χ1n) is 8.29. The summed E-state index contributed by atoms with van der Waals surface area (Å²) in [5.74, 6) is 0.335. The van der Waals surface area contributed by atoms with Crippen LogP contribution in [0.5, 0.6) is 0 Å². The van der Waals surface area contributed by atoms with Crippen molar-refractivity contribution in [3.05, 3.63) is 83.8 Å². The van der Waals surface area contributed by atoms with Crippen molar-refractivity contribution in [1.29, 1.82) is 5.26 Å². The summed E-state index contributed by atoms with van der Waals surface area (Å²) in [6.45, 7) is 0.218. The number of nitriles is 1. The highest BCUT2D eigenvalue weighted by atomic mass is 16.1. The lowest BCUT2D eigenvalue weighted by atomic mass is 9.99. The molecule has 0 aliphatic heterocycles. The molecule has 2 aromatic carbocycles. The number of aromatic nitrogens is 4. The summed E-state index contributed by atoms with van der Waals surface area (Å²) in [5.41, 5.74) is 3.47. The summed E-state index contributed by atoms with van der Waals surface area (Å²) in [7, 11) is 0. The van der Waals surface area contributed by atoms with Crippen molar-refractivity contribution in [2.24, 2.45) is 0 Å². The second-order valence-electron chi connectivity index (χ2n) is 5.83. The summed E-state index contributed by atoms with van der Waals surface area (Å²) in [6, 6.07) is 20.3. The smallest absolute Gasteiger partial charge is 0.251 e. The summed E-state index contributed by atoms with van der Waals surface area (Å²) < 4.78 is 1.59. The minimum atomic E-state index is -0.220. The van der Waals surface area contributed by atoms with Crippen LogP contribution in [0.4, 0.5) is 0 Å². The number of hydrogen-bond acceptors (Lipinski definition) is 5. The average Bonchev–Trinajstić information content (AvgIpc) is 3.15. The lowest BCUT2D eigenvalue weighted by Gasteiger charge is -2.07. The van der Waals surface area contributed by atoms with E-state index in [9.17, 15) is 10.1 Å². The second kappa shape index (κ2) is 7.06. The molecule has 0 unspecified atom stereocenters. The molecule has 0 spiro atoms. The molecule has 2 heterocycles. The highest BCUT2D eigenvalue weighted by Gasteiger charge is 2.10. The van der Waals surface area contributed by atoms with Crippen LogP contribution in [0.3, 0.4) is 0 Å². The quantitative estimate of drug-likeness (QED) is 0.608. The highest BCUT2D eigenvalue weighted by Crippen LogP contribution is 2.23. The largest absolute Gasteiger partial charge is 0.345 e. The van der Waals surface area contributed by atoms with Gasteiger partial charge in [0.1, 0.15) is 0 Å². The maximum absolute atomic E-state index is 12.4. The maximum atomic E-state index is 12.4. The molecule has 7 nitrogen and oxygen atoms in total. The first kappa shape index (κ1) is 16.4. The first-order valence-corrected chi connectivity index (χ1v) is 8.29. The molecule has 1 amide bonds. The van der Waals surface area contributed by atoms with Crippen molar-refractivity contribution in [2.45, 2.75) is 6.54 Å². The van der Waals surface area contributed by atoms with Gasteiger partial charge in [0, 0.05) is 11.8 Å². The Balaban J connectivity index is 1.49. The van der Waals surface area contributed by atoms with Crippen LogP contribution in [0.1, 0.15) is 21.7 Å². The summed E-state index contributed by atoms with van der Waals surface area (Å²) in [6.07, 6.45) is 1.64. The van der Waals surface area contributed by atoms with Gasteiger partial charge in [-0.15, -0.1) is 10.2 Å². The number of hydrogen-bond donors (Lipinski definition) is 1. The Morgan fingerprint density at radius 2 is 1.85 bits per heavy atom. The van der Waals surface area contributed by atoms with Gasteiger partial charge in [-0.05, 0) is 41.5 Å². The number of rotatable bonds is 4. The van der Waals surface area contributed by atoms with E-state index in [0.717, 1.165) is 11.1 Å². The number of benzene rings is 2. The number of nitrogens with zero attached hydrogens (tertiary/aromatic N) is 5. The molecule has 0 aliphatic rings.